The van der Waals surface area contributed by atoms with Gasteiger partial charge in [0, 0.05) is 30.7 Å². The van der Waals surface area contributed by atoms with Crippen LogP contribution in [0.25, 0.3) is 0 Å². The number of benzene rings is 1. The van der Waals surface area contributed by atoms with Crippen LogP contribution in [-0.4, -0.2) is 24.9 Å². The van der Waals surface area contributed by atoms with Gasteiger partial charge in [-0.05, 0) is 18.9 Å². The van der Waals surface area contributed by atoms with Gasteiger partial charge in [-0.3, -0.25) is 0 Å². The number of aliphatic hydroxyl groups excluding tert-OH is 1. The smallest absolute Gasteiger partial charge is 0.148 e. The predicted octanol–water partition coefficient (Wildman–Crippen LogP) is 2.34. The van der Waals surface area contributed by atoms with Crippen LogP contribution in [0.5, 0.6) is 5.75 Å². The van der Waals surface area contributed by atoms with E-state index in [2.05, 4.69) is 11.2 Å². The number of nitrogens with one attached hydrogen (secondary N) is 1. The molecule has 1 aliphatic rings. The zero-order chi connectivity index (χ0) is 14.3. The van der Waals surface area contributed by atoms with Crippen LogP contribution in [0.4, 0.5) is 0 Å². The van der Waals surface area contributed by atoms with E-state index < -0.39 is 0 Å². The van der Waals surface area contributed by atoms with Crippen molar-refractivity contribution in [1.82, 2.24) is 5.32 Å². The normalized spacial score (nSPS) is 16.8. The highest BCUT2D eigenvalue weighted by molar-refractivity contribution is 5.33. The molecule has 3 nitrogen and oxygen atoms in total. The van der Waals surface area contributed by atoms with Gasteiger partial charge in [-0.15, -0.1) is 6.42 Å². The van der Waals surface area contributed by atoms with Gasteiger partial charge in [0.1, 0.15) is 12.4 Å². The topological polar surface area (TPSA) is 41.5 Å². The Balaban J connectivity index is 1.89. The van der Waals surface area contributed by atoms with Gasteiger partial charge in [0.05, 0.1) is 0 Å². The number of hydrogen-bond acceptors (Lipinski definition) is 3. The van der Waals surface area contributed by atoms with Gasteiger partial charge < -0.3 is 15.2 Å². The zero-order valence-electron chi connectivity index (χ0n) is 11.9. The first-order valence-corrected chi connectivity index (χ1v) is 7.25. The Labute approximate surface area is 121 Å². The van der Waals surface area contributed by atoms with Crippen molar-refractivity contribution >= 4 is 0 Å². The number of terminal acetylenes is 1. The van der Waals surface area contributed by atoms with Crippen molar-refractivity contribution in [2.24, 2.45) is 5.41 Å². The van der Waals surface area contributed by atoms with Crippen molar-refractivity contribution in [3.05, 3.63) is 29.8 Å². The highest BCUT2D eigenvalue weighted by Crippen LogP contribution is 2.37. The van der Waals surface area contributed by atoms with Crippen LogP contribution in [-0.2, 0) is 6.54 Å². The summed E-state index contributed by atoms with van der Waals surface area (Å²) < 4.78 is 5.53. The average molecular weight is 273 g/mol. The molecule has 0 unspecified atom stereocenters. The summed E-state index contributed by atoms with van der Waals surface area (Å²) in [6, 6.07) is 7.92. The van der Waals surface area contributed by atoms with Gasteiger partial charge in [0.2, 0.25) is 0 Å². The number of ether oxygens (including phenoxy) is 1. The Bertz CT molecular complexity index is 458. The highest BCUT2D eigenvalue weighted by atomic mass is 16.5. The molecule has 0 aromatic heterocycles. The molecule has 0 bridgehead atoms. The van der Waals surface area contributed by atoms with Crippen LogP contribution in [0.2, 0.25) is 0 Å². The van der Waals surface area contributed by atoms with Gasteiger partial charge in [-0.1, -0.05) is 37.0 Å². The Morgan fingerprint density at radius 3 is 2.75 bits per heavy atom. The summed E-state index contributed by atoms with van der Waals surface area (Å²) >= 11 is 0. The van der Waals surface area contributed by atoms with Gasteiger partial charge >= 0.3 is 0 Å². The average Bonchev–Trinajstić information content (AvgIpc) is 2.96. The third-order valence-electron chi connectivity index (χ3n) is 4.10. The number of hydrogen-bond donors (Lipinski definition) is 2. The molecule has 1 aromatic carbocycles. The van der Waals surface area contributed by atoms with Gasteiger partial charge in [-0.2, -0.15) is 0 Å². The summed E-state index contributed by atoms with van der Waals surface area (Å²) in [6.45, 7) is 2.16. The van der Waals surface area contributed by atoms with Gasteiger partial charge in [0.25, 0.3) is 0 Å². The molecule has 0 saturated heterocycles. The number of para-hydroxylation sites is 1. The molecule has 0 radical (unpaired) electrons. The van der Waals surface area contributed by atoms with E-state index in [-0.39, 0.29) is 18.6 Å². The summed E-state index contributed by atoms with van der Waals surface area (Å²) in [5.74, 6) is 3.32. The van der Waals surface area contributed by atoms with E-state index in [1.165, 1.54) is 12.8 Å². The Hall–Kier alpha value is -1.50. The second-order valence-electron chi connectivity index (χ2n) is 5.57. The Morgan fingerprint density at radius 1 is 1.30 bits per heavy atom. The number of rotatable bonds is 7. The molecule has 0 heterocycles. The van der Waals surface area contributed by atoms with E-state index in [1.807, 2.05) is 24.3 Å². The molecule has 3 heteroatoms. The van der Waals surface area contributed by atoms with E-state index in [0.29, 0.717) is 0 Å². The summed E-state index contributed by atoms with van der Waals surface area (Å²) in [7, 11) is 0. The summed E-state index contributed by atoms with van der Waals surface area (Å²) in [5.41, 5.74) is 1.18. The molecule has 0 aliphatic heterocycles. The Kier molecular flexibility index (Phi) is 5.46. The third-order valence-corrected chi connectivity index (χ3v) is 4.10. The molecule has 20 heavy (non-hydrogen) atoms. The van der Waals surface area contributed by atoms with E-state index >= 15 is 0 Å². The van der Waals surface area contributed by atoms with Crippen LogP contribution >= 0.6 is 0 Å². The fourth-order valence-electron chi connectivity index (χ4n) is 2.89. The van der Waals surface area contributed by atoms with Crippen molar-refractivity contribution in [1.29, 1.82) is 0 Å². The van der Waals surface area contributed by atoms with E-state index in [1.54, 1.807) is 0 Å². The minimum Gasteiger partial charge on any atom is -0.481 e. The van der Waals surface area contributed by atoms with E-state index in [4.69, 9.17) is 11.2 Å². The lowest BCUT2D eigenvalue weighted by atomic mass is 9.87. The third kappa shape index (κ3) is 3.75. The summed E-state index contributed by atoms with van der Waals surface area (Å²) in [6.07, 6.45) is 9.91. The molecule has 2 N–H and O–H groups in total. The van der Waals surface area contributed by atoms with Crippen molar-refractivity contribution in [3.63, 3.8) is 0 Å². The standard InChI is InChI=1S/C17H23NO2/c1-2-11-20-16-8-4-3-7-15(16)12-18-13-17(14-19)9-5-6-10-17/h1,3-4,7-8,18-19H,5-6,9-14H2. The molecule has 108 valence electrons. The molecule has 1 aromatic rings. The summed E-state index contributed by atoms with van der Waals surface area (Å²) in [5, 5.41) is 13.1. The molecule has 1 aliphatic carbocycles. The molecular formula is C17H23NO2. The zero-order valence-corrected chi connectivity index (χ0v) is 11.9. The SMILES string of the molecule is C#CCOc1ccccc1CNCC1(CO)CCCC1. The second kappa shape index (κ2) is 7.33. The maximum Gasteiger partial charge on any atom is 0.148 e. The molecule has 2 rings (SSSR count). The first-order valence-electron chi connectivity index (χ1n) is 7.25. The first-order chi connectivity index (χ1) is 9.79. The van der Waals surface area contributed by atoms with Crippen molar-refractivity contribution in [2.75, 3.05) is 19.8 Å². The van der Waals surface area contributed by atoms with Gasteiger partial charge in [-0.25, -0.2) is 0 Å². The van der Waals surface area contributed by atoms with Crippen LogP contribution in [0.15, 0.2) is 24.3 Å². The van der Waals surface area contributed by atoms with Gasteiger partial charge in [0.15, 0.2) is 0 Å². The van der Waals surface area contributed by atoms with E-state index in [9.17, 15) is 5.11 Å². The summed E-state index contributed by atoms with van der Waals surface area (Å²) in [4.78, 5) is 0. The molecule has 0 amide bonds. The quantitative estimate of drug-likeness (QED) is 0.749. The van der Waals surface area contributed by atoms with Crippen LogP contribution in [0, 0.1) is 17.8 Å². The first kappa shape index (κ1) is 14.9. The van der Waals surface area contributed by atoms with Crippen LogP contribution < -0.4 is 10.1 Å². The molecule has 1 saturated carbocycles. The Morgan fingerprint density at radius 2 is 2.05 bits per heavy atom. The molecular weight excluding hydrogens is 250 g/mol. The highest BCUT2D eigenvalue weighted by Gasteiger charge is 2.32. The second-order valence-corrected chi connectivity index (χ2v) is 5.57. The lowest BCUT2D eigenvalue weighted by Gasteiger charge is -2.26. The van der Waals surface area contributed by atoms with Crippen LogP contribution in [0.3, 0.4) is 0 Å². The largest absolute Gasteiger partial charge is 0.481 e. The fraction of sp³-hybridized carbons (Fsp3) is 0.529. The van der Waals surface area contributed by atoms with E-state index in [0.717, 1.165) is 37.2 Å². The maximum atomic E-state index is 9.60. The van der Waals surface area contributed by atoms with Crippen molar-refractivity contribution in [2.45, 2.75) is 32.2 Å². The minimum absolute atomic E-state index is 0.0780. The van der Waals surface area contributed by atoms with Crippen molar-refractivity contribution < 1.29 is 9.84 Å². The lowest BCUT2D eigenvalue weighted by molar-refractivity contribution is 0.128. The predicted molar refractivity (Wildman–Crippen MR) is 80.5 cm³/mol. The maximum absolute atomic E-state index is 9.60. The molecule has 0 spiro atoms. The monoisotopic (exact) mass is 273 g/mol. The number of aliphatic hydroxyl groups is 1. The van der Waals surface area contributed by atoms with Crippen LogP contribution in [0.1, 0.15) is 31.2 Å². The minimum atomic E-state index is 0.0780. The van der Waals surface area contributed by atoms with Crippen molar-refractivity contribution in [3.8, 4) is 18.1 Å². The molecule has 1 fully saturated rings. The molecule has 0 atom stereocenters. The fourth-order valence-corrected chi connectivity index (χ4v) is 2.89. The lowest BCUT2D eigenvalue weighted by Crippen LogP contribution is -2.34.